The molecule has 0 radical (unpaired) electrons. The van der Waals surface area contributed by atoms with Crippen molar-refractivity contribution < 1.29 is 9.90 Å². The zero-order valence-electron chi connectivity index (χ0n) is 17.7. The van der Waals surface area contributed by atoms with E-state index in [0.717, 1.165) is 31.6 Å². The van der Waals surface area contributed by atoms with Crippen molar-refractivity contribution in [3.63, 3.8) is 0 Å². The Morgan fingerprint density at radius 2 is 2.03 bits per heavy atom. The van der Waals surface area contributed by atoms with Gasteiger partial charge in [-0.3, -0.25) is 9.69 Å². The van der Waals surface area contributed by atoms with Crippen molar-refractivity contribution in [2.45, 2.75) is 32.2 Å². The van der Waals surface area contributed by atoms with Gasteiger partial charge in [-0.05, 0) is 29.0 Å². The fraction of sp³-hybridized carbons (Fsp3) is 0.455. The van der Waals surface area contributed by atoms with E-state index in [1.54, 1.807) is 30.3 Å². The number of benzene rings is 1. The van der Waals surface area contributed by atoms with Gasteiger partial charge in [0.1, 0.15) is 0 Å². The molecule has 3 N–H and O–H groups in total. The molecule has 1 aromatic carbocycles. The summed E-state index contributed by atoms with van der Waals surface area (Å²) in [6.45, 7) is 3.82. The SMILES string of the molecule is CN(C)C(=O)CNC(=NCc1ccccc1CN1CCC(O)C1)NCc1cccs1. The maximum atomic E-state index is 12.0. The predicted molar refractivity (Wildman–Crippen MR) is 121 cm³/mol. The summed E-state index contributed by atoms with van der Waals surface area (Å²) in [6.07, 6.45) is 0.614. The molecule has 1 unspecified atom stereocenters. The Morgan fingerprint density at radius 3 is 2.70 bits per heavy atom. The molecule has 1 amide bonds. The average Bonchev–Trinajstić information content (AvgIpc) is 3.39. The van der Waals surface area contributed by atoms with Crippen molar-refractivity contribution >= 4 is 23.2 Å². The van der Waals surface area contributed by atoms with E-state index in [4.69, 9.17) is 4.99 Å². The van der Waals surface area contributed by atoms with E-state index < -0.39 is 0 Å². The Labute approximate surface area is 182 Å². The van der Waals surface area contributed by atoms with Crippen LogP contribution in [0.4, 0.5) is 0 Å². The van der Waals surface area contributed by atoms with Crippen LogP contribution in [-0.4, -0.2) is 66.6 Å². The van der Waals surface area contributed by atoms with E-state index in [1.807, 2.05) is 23.6 Å². The van der Waals surface area contributed by atoms with E-state index in [-0.39, 0.29) is 18.6 Å². The van der Waals surface area contributed by atoms with Gasteiger partial charge in [0.2, 0.25) is 5.91 Å². The van der Waals surface area contributed by atoms with E-state index >= 15 is 0 Å². The maximum Gasteiger partial charge on any atom is 0.241 e. The number of aliphatic imine (C=N–C) groups is 1. The molecule has 1 aliphatic heterocycles. The molecule has 8 heteroatoms. The van der Waals surface area contributed by atoms with Gasteiger partial charge in [-0.1, -0.05) is 30.3 Å². The van der Waals surface area contributed by atoms with Crippen LogP contribution in [0, 0.1) is 0 Å². The van der Waals surface area contributed by atoms with Crippen molar-refractivity contribution in [1.82, 2.24) is 20.4 Å². The molecule has 162 valence electrons. The Hall–Kier alpha value is -2.42. The number of amides is 1. The number of guanidine groups is 1. The molecule has 1 atom stereocenters. The van der Waals surface area contributed by atoms with E-state index in [1.165, 1.54) is 10.4 Å². The van der Waals surface area contributed by atoms with Crippen LogP contribution in [0.15, 0.2) is 46.8 Å². The zero-order chi connectivity index (χ0) is 21.3. The number of likely N-dealkylation sites (tertiary alicyclic amines) is 1. The minimum Gasteiger partial charge on any atom is -0.392 e. The van der Waals surface area contributed by atoms with Gasteiger partial charge in [0.25, 0.3) is 0 Å². The summed E-state index contributed by atoms with van der Waals surface area (Å²) in [5.74, 6) is 0.610. The van der Waals surface area contributed by atoms with Gasteiger partial charge in [0.05, 0.1) is 25.7 Å². The molecular weight excluding hydrogens is 398 g/mol. The molecule has 2 aromatic rings. The van der Waals surface area contributed by atoms with Crippen LogP contribution in [0.1, 0.15) is 22.4 Å². The summed E-state index contributed by atoms with van der Waals surface area (Å²) >= 11 is 1.68. The average molecular weight is 430 g/mol. The number of likely N-dealkylation sites (N-methyl/N-ethyl adjacent to an activating group) is 1. The lowest BCUT2D eigenvalue weighted by Gasteiger charge is -2.18. The fourth-order valence-electron chi connectivity index (χ4n) is 3.30. The second kappa shape index (κ2) is 11.1. The molecule has 2 heterocycles. The molecule has 1 aromatic heterocycles. The second-order valence-electron chi connectivity index (χ2n) is 7.69. The Morgan fingerprint density at radius 1 is 1.23 bits per heavy atom. The Balaban J connectivity index is 1.66. The monoisotopic (exact) mass is 429 g/mol. The van der Waals surface area contributed by atoms with Crippen molar-refractivity contribution in [2.24, 2.45) is 4.99 Å². The summed E-state index contributed by atoms with van der Waals surface area (Å²) in [5.41, 5.74) is 2.37. The molecule has 7 nitrogen and oxygen atoms in total. The number of hydrogen-bond donors (Lipinski definition) is 3. The van der Waals surface area contributed by atoms with Gasteiger partial charge in [0, 0.05) is 38.6 Å². The lowest BCUT2D eigenvalue weighted by molar-refractivity contribution is -0.127. The van der Waals surface area contributed by atoms with Gasteiger partial charge >= 0.3 is 0 Å². The lowest BCUT2D eigenvalue weighted by Crippen LogP contribution is -2.42. The number of nitrogens with one attached hydrogen (secondary N) is 2. The third-order valence-corrected chi connectivity index (χ3v) is 5.96. The number of β-amino-alcohol motifs (C(OH)–C–C–N with tert-alkyl or cyclic N) is 1. The summed E-state index contributed by atoms with van der Waals surface area (Å²) in [4.78, 5) is 21.8. The summed E-state index contributed by atoms with van der Waals surface area (Å²) in [7, 11) is 3.48. The number of thiophene rings is 1. The number of aliphatic hydroxyl groups excluding tert-OH is 1. The van der Waals surface area contributed by atoms with Crippen molar-refractivity contribution in [2.75, 3.05) is 33.7 Å². The minimum absolute atomic E-state index is 0.00591. The maximum absolute atomic E-state index is 12.0. The van der Waals surface area contributed by atoms with Crippen LogP contribution < -0.4 is 10.6 Å². The number of carbonyl (C=O) groups excluding carboxylic acids is 1. The highest BCUT2D eigenvalue weighted by atomic mass is 32.1. The first-order chi connectivity index (χ1) is 14.5. The first kappa shape index (κ1) is 22.3. The molecule has 0 spiro atoms. The van der Waals surface area contributed by atoms with E-state index in [0.29, 0.717) is 19.0 Å². The topological polar surface area (TPSA) is 80.2 Å². The van der Waals surface area contributed by atoms with Gasteiger partial charge < -0.3 is 20.6 Å². The molecule has 0 bridgehead atoms. The first-order valence-corrected chi connectivity index (χ1v) is 11.1. The molecule has 1 fully saturated rings. The summed E-state index contributed by atoms with van der Waals surface area (Å²) < 4.78 is 0. The number of rotatable bonds is 8. The number of hydrogen-bond acceptors (Lipinski definition) is 5. The molecule has 0 saturated carbocycles. The van der Waals surface area contributed by atoms with Crippen molar-refractivity contribution in [1.29, 1.82) is 0 Å². The predicted octanol–water partition coefficient (Wildman–Crippen LogP) is 1.64. The molecular formula is C22H31N5O2S. The molecule has 1 saturated heterocycles. The second-order valence-corrected chi connectivity index (χ2v) is 8.72. The number of carbonyl (C=O) groups is 1. The van der Waals surface area contributed by atoms with Crippen LogP contribution in [0.3, 0.4) is 0 Å². The minimum atomic E-state index is -0.221. The van der Waals surface area contributed by atoms with Crippen LogP contribution in [0.25, 0.3) is 0 Å². The normalized spacial score (nSPS) is 17.2. The Bertz CT molecular complexity index is 838. The highest BCUT2D eigenvalue weighted by molar-refractivity contribution is 7.09. The zero-order valence-corrected chi connectivity index (χ0v) is 18.5. The molecule has 3 rings (SSSR count). The molecule has 1 aliphatic rings. The quantitative estimate of drug-likeness (QED) is 0.439. The Kier molecular flexibility index (Phi) is 8.24. The highest BCUT2D eigenvalue weighted by Crippen LogP contribution is 2.17. The third-order valence-electron chi connectivity index (χ3n) is 5.08. The van der Waals surface area contributed by atoms with Gasteiger partial charge in [-0.15, -0.1) is 11.3 Å². The first-order valence-electron chi connectivity index (χ1n) is 10.2. The van der Waals surface area contributed by atoms with Gasteiger partial charge in [-0.2, -0.15) is 0 Å². The lowest BCUT2D eigenvalue weighted by atomic mass is 10.1. The smallest absolute Gasteiger partial charge is 0.241 e. The van der Waals surface area contributed by atoms with Crippen LogP contribution in [0.2, 0.25) is 0 Å². The van der Waals surface area contributed by atoms with E-state index in [9.17, 15) is 9.90 Å². The molecule has 0 aliphatic carbocycles. The number of aliphatic hydroxyl groups is 1. The van der Waals surface area contributed by atoms with Crippen LogP contribution >= 0.6 is 11.3 Å². The summed E-state index contributed by atoms with van der Waals surface area (Å²) in [6, 6.07) is 12.4. The van der Waals surface area contributed by atoms with Gasteiger partial charge in [-0.25, -0.2) is 4.99 Å². The summed E-state index contributed by atoms with van der Waals surface area (Å²) in [5, 5.41) is 18.3. The fourth-order valence-corrected chi connectivity index (χ4v) is 3.95. The standard InChI is InChI=1S/C22H31N5O2S/c1-26(2)21(29)14-25-22(24-13-20-8-5-11-30-20)23-12-17-6-3-4-7-18(17)15-27-10-9-19(28)16-27/h3-8,11,19,28H,9-10,12-16H2,1-2H3,(H2,23,24,25). The van der Waals surface area contributed by atoms with Gasteiger partial charge in [0.15, 0.2) is 5.96 Å². The molecule has 30 heavy (non-hydrogen) atoms. The highest BCUT2D eigenvalue weighted by Gasteiger charge is 2.20. The largest absolute Gasteiger partial charge is 0.392 e. The third kappa shape index (κ3) is 6.83. The van der Waals surface area contributed by atoms with E-state index in [2.05, 4.69) is 33.7 Å². The van der Waals surface area contributed by atoms with Crippen LogP contribution in [0.5, 0.6) is 0 Å². The number of nitrogens with zero attached hydrogens (tertiary/aromatic N) is 3. The van der Waals surface area contributed by atoms with Crippen molar-refractivity contribution in [3.05, 3.63) is 57.8 Å². The van der Waals surface area contributed by atoms with Crippen molar-refractivity contribution in [3.8, 4) is 0 Å². The van der Waals surface area contributed by atoms with Crippen LogP contribution in [-0.2, 0) is 24.4 Å².